The molecule has 5 nitrogen and oxygen atoms in total. The fraction of sp³-hybridized carbons (Fsp3) is 0.0159. The summed E-state index contributed by atoms with van der Waals surface area (Å²) in [5, 5.41) is 26.0. The Morgan fingerprint density at radius 1 is 0.380 bits per heavy atom. The number of nitriles is 1. The van der Waals surface area contributed by atoms with Crippen LogP contribution in [-0.2, 0) is 0 Å². The Balaban J connectivity index is 1.19. The third-order valence-electron chi connectivity index (χ3n) is 15.1. The molecule has 0 saturated heterocycles. The van der Waals surface area contributed by atoms with Gasteiger partial charge in [0.05, 0.1) is 76.4 Å². The highest BCUT2D eigenvalue weighted by atomic mass is 32.1. The Bertz CT molecular complexity index is 4940. The standard InChI is InChI=1S/C63H33N5S3/c1-34-55(66-48-21-9-3-15-35(48)41-27-30-44-38-18-6-12-24-51(38)69-61(44)58(41)66)47(33-64)57(68-50-23-11-5-17-37(50)43-29-32-46-40-20-8-14-26-53(40)71-63(46)60(43)68)54(65-2)56(34)67-49-22-10-4-16-36(49)42-28-31-45-39-19-7-13-25-52(39)70-62(45)59(42)67/h3-32H,1H3. The lowest BCUT2D eigenvalue weighted by Gasteiger charge is -2.25. The molecule has 6 aromatic heterocycles. The van der Waals surface area contributed by atoms with Gasteiger partial charge in [0.25, 0.3) is 0 Å². The number of benzene rings is 10. The van der Waals surface area contributed by atoms with Gasteiger partial charge in [-0.25, -0.2) is 4.85 Å². The van der Waals surface area contributed by atoms with Gasteiger partial charge < -0.3 is 13.7 Å². The first kappa shape index (κ1) is 39.1. The molecule has 0 N–H and O–H groups in total. The molecule has 0 aliphatic rings. The van der Waals surface area contributed by atoms with E-state index in [9.17, 15) is 11.8 Å². The Labute approximate surface area is 416 Å². The summed E-state index contributed by atoms with van der Waals surface area (Å²) in [6.07, 6.45) is 0. The predicted molar refractivity (Wildman–Crippen MR) is 304 cm³/mol. The quantitative estimate of drug-likeness (QED) is 0.163. The van der Waals surface area contributed by atoms with Crippen molar-refractivity contribution >= 4 is 166 Å². The molecule has 0 unspecified atom stereocenters. The second kappa shape index (κ2) is 14.2. The zero-order chi connectivity index (χ0) is 46.8. The molecule has 0 fully saturated rings. The highest BCUT2D eigenvalue weighted by molar-refractivity contribution is 7.27. The van der Waals surface area contributed by atoms with Gasteiger partial charge in [0.15, 0.2) is 0 Å². The third-order valence-corrected chi connectivity index (χ3v) is 18.6. The van der Waals surface area contributed by atoms with E-state index in [4.69, 9.17) is 4.85 Å². The number of hydrogen-bond acceptors (Lipinski definition) is 4. The molecule has 16 rings (SSSR count). The van der Waals surface area contributed by atoms with Gasteiger partial charge in [0.2, 0.25) is 5.69 Å². The van der Waals surface area contributed by atoms with Crippen LogP contribution in [0.1, 0.15) is 11.1 Å². The Morgan fingerprint density at radius 2 is 0.704 bits per heavy atom. The highest BCUT2D eigenvalue weighted by Gasteiger charge is 2.33. The molecule has 0 radical (unpaired) electrons. The molecule has 0 atom stereocenters. The van der Waals surface area contributed by atoms with Gasteiger partial charge in [-0.15, -0.1) is 34.0 Å². The summed E-state index contributed by atoms with van der Waals surface area (Å²) in [5.74, 6) is 0. The number of nitrogens with zero attached hydrogens (tertiary/aromatic N) is 5. The molecule has 16 aromatic rings. The molecule has 0 amide bonds. The van der Waals surface area contributed by atoms with Crippen molar-refractivity contribution in [2.75, 3.05) is 0 Å². The second-order valence-electron chi connectivity index (χ2n) is 18.5. The number of hydrogen-bond donors (Lipinski definition) is 0. The molecular weight excluding hydrogens is 923 g/mol. The Kier molecular flexibility index (Phi) is 7.81. The summed E-state index contributed by atoms with van der Waals surface area (Å²) < 4.78 is 14.1. The summed E-state index contributed by atoms with van der Waals surface area (Å²) in [6, 6.07) is 68.1. The topological polar surface area (TPSA) is 42.9 Å². The average molecular weight is 956 g/mol. The number of thiophene rings is 3. The predicted octanol–water partition coefficient (Wildman–Crippen LogP) is 18.8. The first-order chi connectivity index (χ1) is 35.1. The lowest BCUT2D eigenvalue weighted by Crippen LogP contribution is -2.11. The summed E-state index contributed by atoms with van der Waals surface area (Å²) in [7, 11) is 0. The molecule has 8 heteroatoms. The summed E-state index contributed by atoms with van der Waals surface area (Å²) >= 11 is 5.38. The molecule has 6 heterocycles. The lowest BCUT2D eigenvalue weighted by atomic mass is 9.99. The highest BCUT2D eigenvalue weighted by Crippen LogP contribution is 2.53. The van der Waals surface area contributed by atoms with Gasteiger partial charge in [-0.05, 0) is 48.9 Å². The number of rotatable bonds is 3. The van der Waals surface area contributed by atoms with E-state index in [1.165, 1.54) is 41.0 Å². The van der Waals surface area contributed by atoms with Crippen LogP contribution in [-0.4, -0.2) is 13.7 Å². The van der Waals surface area contributed by atoms with Crippen molar-refractivity contribution in [3.8, 4) is 23.1 Å². The van der Waals surface area contributed by atoms with Crippen LogP contribution in [0.4, 0.5) is 5.69 Å². The van der Waals surface area contributed by atoms with E-state index in [0.717, 1.165) is 102 Å². The summed E-state index contributed by atoms with van der Waals surface area (Å²) in [5.41, 5.74) is 9.91. The van der Waals surface area contributed by atoms with Crippen molar-refractivity contribution in [1.29, 1.82) is 5.26 Å². The average Bonchev–Trinajstić information content (AvgIpc) is 4.27. The first-order valence-corrected chi connectivity index (χ1v) is 26.1. The van der Waals surface area contributed by atoms with Crippen LogP contribution < -0.4 is 0 Å². The van der Waals surface area contributed by atoms with E-state index in [0.29, 0.717) is 16.9 Å². The van der Waals surface area contributed by atoms with Gasteiger partial charge in [-0.3, -0.25) is 0 Å². The van der Waals surface area contributed by atoms with Crippen LogP contribution in [0.15, 0.2) is 182 Å². The van der Waals surface area contributed by atoms with Gasteiger partial charge in [-0.1, -0.05) is 146 Å². The Morgan fingerprint density at radius 3 is 1.08 bits per heavy atom. The van der Waals surface area contributed by atoms with Gasteiger partial charge in [-0.2, -0.15) is 5.26 Å². The molecule has 0 bridgehead atoms. The molecule has 0 aliphatic heterocycles. The zero-order valence-corrected chi connectivity index (χ0v) is 40.2. The SMILES string of the molecule is [C-]#[N+]c1c(-n2c3ccccc3c3ccc4c5ccccc5sc4c32)c(C)c(-n2c3ccccc3c3ccc4c5ccccc5sc4c32)c(C#N)c1-n1c2ccccc2c2ccc3c4ccccc4sc3c21. The molecular formula is C63H33N5S3. The molecule has 328 valence electrons. The van der Waals surface area contributed by atoms with Crippen LogP contribution in [0, 0.1) is 24.8 Å². The van der Waals surface area contributed by atoms with Gasteiger partial charge >= 0.3 is 0 Å². The minimum Gasteiger partial charge on any atom is -0.317 e. The van der Waals surface area contributed by atoms with Crippen molar-refractivity contribution < 1.29 is 0 Å². The van der Waals surface area contributed by atoms with E-state index in [1.54, 1.807) is 34.0 Å². The number of fused-ring (bicyclic) bond motifs is 21. The third kappa shape index (κ3) is 4.96. The number of aromatic nitrogens is 3. The molecule has 10 aromatic carbocycles. The fourth-order valence-electron chi connectivity index (χ4n) is 12.2. The minimum atomic E-state index is 0.428. The van der Waals surface area contributed by atoms with Crippen LogP contribution in [0.5, 0.6) is 0 Å². The molecule has 0 aliphatic carbocycles. The maximum Gasteiger partial charge on any atom is 0.235 e. The van der Waals surface area contributed by atoms with Crippen molar-refractivity contribution in [3.63, 3.8) is 0 Å². The van der Waals surface area contributed by atoms with E-state index < -0.39 is 0 Å². The molecule has 0 spiro atoms. The van der Waals surface area contributed by atoms with Crippen LogP contribution in [0.2, 0.25) is 0 Å². The fourth-order valence-corrected chi connectivity index (χ4v) is 15.9. The van der Waals surface area contributed by atoms with Crippen molar-refractivity contribution in [1.82, 2.24) is 13.7 Å². The van der Waals surface area contributed by atoms with E-state index in [-0.39, 0.29) is 0 Å². The van der Waals surface area contributed by atoms with Crippen LogP contribution >= 0.6 is 34.0 Å². The molecule has 0 saturated carbocycles. The number of para-hydroxylation sites is 3. The first-order valence-electron chi connectivity index (χ1n) is 23.6. The smallest absolute Gasteiger partial charge is 0.235 e. The normalized spacial score (nSPS) is 12.3. The van der Waals surface area contributed by atoms with E-state index in [1.807, 2.05) is 0 Å². The minimum absolute atomic E-state index is 0.428. The van der Waals surface area contributed by atoms with Gasteiger partial charge in [0, 0.05) is 78.7 Å². The summed E-state index contributed by atoms with van der Waals surface area (Å²) in [6.45, 7) is 11.7. The molecule has 71 heavy (non-hydrogen) atoms. The van der Waals surface area contributed by atoms with Crippen LogP contribution in [0.3, 0.4) is 0 Å². The maximum absolute atomic E-state index is 12.3. The monoisotopic (exact) mass is 955 g/mol. The summed E-state index contributed by atoms with van der Waals surface area (Å²) in [4.78, 5) is 4.71. The zero-order valence-electron chi connectivity index (χ0n) is 37.8. The van der Waals surface area contributed by atoms with Gasteiger partial charge in [0.1, 0.15) is 6.07 Å². The Hall–Kier alpha value is -8.76. The van der Waals surface area contributed by atoms with Crippen LogP contribution in [0.25, 0.3) is 148 Å². The van der Waals surface area contributed by atoms with E-state index >= 15 is 0 Å². The van der Waals surface area contributed by atoms with Crippen molar-refractivity contribution in [3.05, 3.63) is 205 Å². The van der Waals surface area contributed by atoms with Crippen molar-refractivity contribution in [2.45, 2.75) is 6.92 Å². The largest absolute Gasteiger partial charge is 0.317 e. The van der Waals surface area contributed by atoms with Crippen molar-refractivity contribution in [2.24, 2.45) is 0 Å². The second-order valence-corrected chi connectivity index (χ2v) is 21.6. The maximum atomic E-state index is 12.3. The van der Waals surface area contributed by atoms with E-state index in [2.05, 4.69) is 209 Å². The lowest BCUT2D eigenvalue weighted by molar-refractivity contribution is 1.07.